The van der Waals surface area contributed by atoms with Gasteiger partial charge in [0.05, 0.1) is 16.5 Å². The zero-order chi connectivity index (χ0) is 20.4. The second-order valence-corrected chi connectivity index (χ2v) is 6.77. The summed E-state index contributed by atoms with van der Waals surface area (Å²) >= 11 is 6.01. The first-order chi connectivity index (χ1) is 13.3. The molecule has 1 aliphatic rings. The summed E-state index contributed by atoms with van der Waals surface area (Å²) in [5.41, 5.74) is 2.54. The van der Waals surface area contributed by atoms with E-state index in [1.165, 1.54) is 24.3 Å². The number of anilines is 1. The minimum Gasteiger partial charge on any atom is -0.327 e. The number of carbonyl (C=O) groups is 2. The number of hydrogen-bond acceptors (Lipinski definition) is 4. The Kier molecular flexibility index (Phi) is 5.32. The van der Waals surface area contributed by atoms with Crippen molar-refractivity contribution in [3.63, 3.8) is 0 Å². The summed E-state index contributed by atoms with van der Waals surface area (Å²) < 4.78 is 0. The number of hydrogen-bond donors (Lipinski definition) is 3. The van der Waals surface area contributed by atoms with E-state index in [1.807, 2.05) is 6.92 Å². The van der Waals surface area contributed by atoms with Gasteiger partial charge in [0.15, 0.2) is 0 Å². The van der Waals surface area contributed by atoms with Crippen LogP contribution in [0.25, 0.3) is 0 Å². The minimum atomic E-state index is -0.756. The fourth-order valence-electron chi connectivity index (χ4n) is 2.95. The average Bonchev–Trinajstić information content (AvgIpc) is 2.64. The normalized spacial score (nSPS) is 16.2. The number of nitro groups is 1. The van der Waals surface area contributed by atoms with Gasteiger partial charge in [-0.05, 0) is 49.2 Å². The lowest BCUT2D eigenvalue weighted by molar-refractivity contribution is -0.384. The van der Waals surface area contributed by atoms with Crippen LogP contribution in [0.1, 0.15) is 24.1 Å². The van der Waals surface area contributed by atoms with Crippen molar-refractivity contribution < 1.29 is 14.5 Å². The Morgan fingerprint density at radius 3 is 2.50 bits per heavy atom. The SMILES string of the molecule is CC1=C(C(=O)Nc2cc(Cl)ccc2C)C(c2ccc([N+](=O)[O-])cc2)NC(=O)N1. The molecule has 0 saturated carbocycles. The lowest BCUT2D eigenvalue weighted by Gasteiger charge is -2.28. The molecule has 1 heterocycles. The largest absolute Gasteiger partial charge is 0.327 e. The molecule has 0 spiro atoms. The van der Waals surface area contributed by atoms with Gasteiger partial charge in [-0.2, -0.15) is 0 Å². The van der Waals surface area contributed by atoms with E-state index in [0.29, 0.717) is 27.5 Å². The van der Waals surface area contributed by atoms with Crippen molar-refractivity contribution in [2.75, 3.05) is 5.32 Å². The van der Waals surface area contributed by atoms with E-state index < -0.39 is 22.9 Å². The van der Waals surface area contributed by atoms with Gasteiger partial charge in [0.1, 0.15) is 0 Å². The zero-order valence-electron chi connectivity index (χ0n) is 15.1. The lowest BCUT2D eigenvalue weighted by atomic mass is 9.94. The third-order valence-electron chi connectivity index (χ3n) is 4.40. The molecular formula is C19H17ClN4O4. The lowest BCUT2D eigenvalue weighted by Crippen LogP contribution is -2.46. The number of carbonyl (C=O) groups excluding carboxylic acids is 2. The molecule has 3 amide bonds. The van der Waals surface area contributed by atoms with Gasteiger partial charge in [0, 0.05) is 28.5 Å². The van der Waals surface area contributed by atoms with Crippen LogP contribution in [0, 0.1) is 17.0 Å². The van der Waals surface area contributed by atoms with Crippen LogP contribution in [0.5, 0.6) is 0 Å². The van der Waals surface area contributed by atoms with Crippen molar-refractivity contribution in [2.24, 2.45) is 0 Å². The van der Waals surface area contributed by atoms with E-state index >= 15 is 0 Å². The van der Waals surface area contributed by atoms with Gasteiger partial charge in [-0.1, -0.05) is 17.7 Å². The van der Waals surface area contributed by atoms with E-state index in [4.69, 9.17) is 11.6 Å². The van der Waals surface area contributed by atoms with Crippen LogP contribution in [0.3, 0.4) is 0 Å². The first kappa shape index (κ1) is 19.4. The van der Waals surface area contributed by atoms with Crippen LogP contribution in [0.4, 0.5) is 16.2 Å². The summed E-state index contributed by atoms with van der Waals surface area (Å²) in [7, 11) is 0. The van der Waals surface area contributed by atoms with E-state index in [2.05, 4.69) is 16.0 Å². The first-order valence-electron chi connectivity index (χ1n) is 8.36. The van der Waals surface area contributed by atoms with Gasteiger partial charge in [-0.3, -0.25) is 14.9 Å². The monoisotopic (exact) mass is 400 g/mol. The maximum atomic E-state index is 13.0. The van der Waals surface area contributed by atoms with Crippen LogP contribution < -0.4 is 16.0 Å². The molecule has 28 heavy (non-hydrogen) atoms. The molecule has 0 fully saturated rings. The van der Waals surface area contributed by atoms with Crippen molar-refractivity contribution in [3.8, 4) is 0 Å². The number of halogens is 1. The van der Waals surface area contributed by atoms with Crippen LogP contribution in [0.2, 0.25) is 5.02 Å². The summed E-state index contributed by atoms with van der Waals surface area (Å²) in [6.07, 6.45) is 0. The van der Waals surface area contributed by atoms with E-state index in [-0.39, 0.29) is 5.69 Å². The third-order valence-corrected chi connectivity index (χ3v) is 4.63. The van der Waals surface area contributed by atoms with Crippen molar-refractivity contribution in [1.82, 2.24) is 10.6 Å². The molecule has 0 radical (unpaired) electrons. The smallest absolute Gasteiger partial charge is 0.319 e. The van der Waals surface area contributed by atoms with Gasteiger partial charge in [0.2, 0.25) is 0 Å². The summed E-state index contributed by atoms with van der Waals surface area (Å²) in [5, 5.41) is 19.4. The molecule has 0 bridgehead atoms. The number of urea groups is 1. The molecule has 9 heteroatoms. The summed E-state index contributed by atoms with van der Waals surface area (Å²) in [6, 6.07) is 9.61. The average molecular weight is 401 g/mol. The molecule has 3 rings (SSSR count). The number of nitrogens with zero attached hydrogens (tertiary/aromatic N) is 1. The predicted molar refractivity (Wildman–Crippen MR) is 105 cm³/mol. The number of allylic oxidation sites excluding steroid dienone is 1. The maximum absolute atomic E-state index is 13.0. The Balaban J connectivity index is 1.96. The van der Waals surface area contributed by atoms with E-state index in [0.717, 1.165) is 5.56 Å². The Morgan fingerprint density at radius 2 is 1.86 bits per heavy atom. The Morgan fingerprint density at radius 1 is 1.18 bits per heavy atom. The van der Waals surface area contributed by atoms with Crippen molar-refractivity contribution in [2.45, 2.75) is 19.9 Å². The minimum absolute atomic E-state index is 0.0785. The molecular weight excluding hydrogens is 384 g/mol. The predicted octanol–water partition coefficient (Wildman–Crippen LogP) is 3.82. The zero-order valence-corrected chi connectivity index (χ0v) is 15.8. The maximum Gasteiger partial charge on any atom is 0.319 e. The van der Waals surface area contributed by atoms with Gasteiger partial charge in [0.25, 0.3) is 11.6 Å². The fraction of sp³-hybridized carbons (Fsp3) is 0.158. The van der Waals surface area contributed by atoms with Crippen LogP contribution in [0.15, 0.2) is 53.7 Å². The standard InChI is InChI=1S/C19H17ClN4O4/c1-10-3-6-13(20)9-15(10)22-18(25)16-11(2)21-19(26)23-17(16)12-4-7-14(8-5-12)24(27)28/h3-9,17H,1-2H3,(H,22,25)(H2,21,23,26). The van der Waals surface area contributed by atoms with Crippen LogP contribution in [-0.4, -0.2) is 16.9 Å². The van der Waals surface area contributed by atoms with Crippen molar-refractivity contribution >= 4 is 34.9 Å². The van der Waals surface area contributed by atoms with E-state index in [1.54, 1.807) is 25.1 Å². The molecule has 2 aromatic rings. The molecule has 1 aliphatic heterocycles. The Bertz CT molecular complexity index is 1000. The van der Waals surface area contributed by atoms with Crippen LogP contribution >= 0.6 is 11.6 Å². The third kappa shape index (κ3) is 3.96. The second kappa shape index (κ2) is 7.69. The molecule has 2 aromatic carbocycles. The fourth-order valence-corrected chi connectivity index (χ4v) is 3.12. The highest BCUT2D eigenvalue weighted by Gasteiger charge is 2.31. The molecule has 1 unspecified atom stereocenters. The van der Waals surface area contributed by atoms with Gasteiger partial charge >= 0.3 is 6.03 Å². The number of nitro benzene ring substituents is 1. The topological polar surface area (TPSA) is 113 Å². The molecule has 1 atom stereocenters. The summed E-state index contributed by atoms with van der Waals surface area (Å²) in [6.45, 7) is 3.46. The molecule has 0 aromatic heterocycles. The molecule has 144 valence electrons. The van der Waals surface area contributed by atoms with Gasteiger partial charge in [-0.15, -0.1) is 0 Å². The Hall–Kier alpha value is -3.39. The molecule has 0 saturated heterocycles. The van der Waals surface area contributed by atoms with Gasteiger partial charge in [-0.25, -0.2) is 4.79 Å². The van der Waals surface area contributed by atoms with E-state index in [9.17, 15) is 19.7 Å². The number of nitrogens with one attached hydrogen (secondary N) is 3. The highest BCUT2D eigenvalue weighted by Crippen LogP contribution is 2.30. The quantitative estimate of drug-likeness (QED) is 0.534. The van der Waals surface area contributed by atoms with Crippen molar-refractivity contribution in [3.05, 3.63) is 80.0 Å². The first-order valence-corrected chi connectivity index (χ1v) is 8.74. The highest BCUT2D eigenvalue weighted by atomic mass is 35.5. The summed E-state index contributed by atoms with van der Waals surface area (Å²) in [4.78, 5) is 35.3. The summed E-state index contributed by atoms with van der Waals surface area (Å²) in [5.74, 6) is -0.418. The highest BCUT2D eigenvalue weighted by molar-refractivity contribution is 6.31. The second-order valence-electron chi connectivity index (χ2n) is 6.33. The molecule has 3 N–H and O–H groups in total. The number of non-ortho nitro benzene ring substituents is 1. The number of benzene rings is 2. The Labute approximate surface area is 165 Å². The number of amides is 3. The van der Waals surface area contributed by atoms with Crippen LogP contribution in [-0.2, 0) is 4.79 Å². The van der Waals surface area contributed by atoms with Gasteiger partial charge < -0.3 is 16.0 Å². The number of aryl methyl sites for hydroxylation is 1. The van der Waals surface area contributed by atoms with Crippen molar-refractivity contribution in [1.29, 1.82) is 0 Å². The number of rotatable bonds is 4. The molecule has 8 nitrogen and oxygen atoms in total. The molecule has 0 aliphatic carbocycles.